The summed E-state index contributed by atoms with van der Waals surface area (Å²) in [6.07, 6.45) is 2.07. The number of hydrogen-bond acceptors (Lipinski definition) is 5. The fourth-order valence-electron chi connectivity index (χ4n) is 2.96. The third-order valence-electron chi connectivity index (χ3n) is 4.47. The van der Waals surface area contributed by atoms with Crippen LogP contribution in [0.1, 0.15) is 24.1 Å². The first kappa shape index (κ1) is 19.3. The predicted molar refractivity (Wildman–Crippen MR) is 101 cm³/mol. The number of carbonyl (C=O) groups is 3. The van der Waals surface area contributed by atoms with Gasteiger partial charge in [-0.15, -0.1) is 0 Å². The maximum atomic E-state index is 12.8. The second-order valence-corrected chi connectivity index (χ2v) is 6.47. The molecule has 0 radical (unpaired) electrons. The lowest BCUT2D eigenvalue weighted by atomic mass is 10.1. The van der Waals surface area contributed by atoms with Gasteiger partial charge < -0.3 is 15.0 Å². The third kappa shape index (κ3) is 5.06. The van der Waals surface area contributed by atoms with E-state index < -0.39 is 18.0 Å². The van der Waals surface area contributed by atoms with Crippen LogP contribution in [0.2, 0.25) is 0 Å². The summed E-state index contributed by atoms with van der Waals surface area (Å²) in [5.41, 5.74) is 1.73. The van der Waals surface area contributed by atoms with Gasteiger partial charge in [0.1, 0.15) is 11.8 Å². The zero-order valence-corrected chi connectivity index (χ0v) is 15.6. The molecule has 1 atom stereocenters. The van der Waals surface area contributed by atoms with Crippen LogP contribution < -0.4 is 15.4 Å². The molecule has 1 fully saturated rings. The fourth-order valence-corrected chi connectivity index (χ4v) is 2.96. The Kier molecular flexibility index (Phi) is 6.21. The molecule has 146 valence electrons. The number of carbonyl (C=O) groups excluding carboxylic acids is 3. The number of imide groups is 1. The molecule has 0 saturated carbocycles. The Morgan fingerprint density at radius 1 is 1.14 bits per heavy atom. The van der Waals surface area contributed by atoms with Gasteiger partial charge in [-0.25, -0.2) is 4.79 Å². The molecule has 0 bridgehead atoms. The van der Waals surface area contributed by atoms with Gasteiger partial charge in [0.2, 0.25) is 5.91 Å². The Balaban J connectivity index is 1.68. The SMILES string of the molecule is COc1ccc(CN(Cc2ccccn2)C(=O)CC[C@@H]2NC(=O)NC2=O)cc1. The van der Waals surface area contributed by atoms with Gasteiger partial charge in [0, 0.05) is 19.2 Å². The number of nitrogens with zero attached hydrogens (tertiary/aromatic N) is 2. The molecule has 0 aliphatic carbocycles. The number of urea groups is 1. The van der Waals surface area contributed by atoms with E-state index in [2.05, 4.69) is 15.6 Å². The maximum absolute atomic E-state index is 12.8. The molecule has 0 unspecified atom stereocenters. The van der Waals surface area contributed by atoms with Crippen molar-refractivity contribution in [2.45, 2.75) is 32.0 Å². The molecule has 0 spiro atoms. The van der Waals surface area contributed by atoms with E-state index in [1.807, 2.05) is 42.5 Å². The Labute approximate surface area is 162 Å². The molecule has 28 heavy (non-hydrogen) atoms. The largest absolute Gasteiger partial charge is 0.497 e. The lowest BCUT2D eigenvalue weighted by Crippen LogP contribution is -2.34. The smallest absolute Gasteiger partial charge is 0.322 e. The number of nitrogens with one attached hydrogen (secondary N) is 2. The lowest BCUT2D eigenvalue weighted by Gasteiger charge is -2.23. The second kappa shape index (κ2) is 8.98. The van der Waals surface area contributed by atoms with Crippen molar-refractivity contribution >= 4 is 17.8 Å². The van der Waals surface area contributed by atoms with Gasteiger partial charge in [-0.2, -0.15) is 0 Å². The summed E-state index contributed by atoms with van der Waals surface area (Å²) in [7, 11) is 1.60. The van der Waals surface area contributed by atoms with Crippen LogP contribution in [-0.4, -0.2) is 40.9 Å². The van der Waals surface area contributed by atoms with E-state index in [9.17, 15) is 14.4 Å². The highest BCUT2D eigenvalue weighted by Gasteiger charge is 2.30. The van der Waals surface area contributed by atoms with Crippen LogP contribution in [0.4, 0.5) is 4.79 Å². The average molecular weight is 382 g/mol. The van der Waals surface area contributed by atoms with Gasteiger partial charge in [-0.1, -0.05) is 18.2 Å². The van der Waals surface area contributed by atoms with Gasteiger partial charge in [0.15, 0.2) is 0 Å². The zero-order chi connectivity index (χ0) is 19.9. The maximum Gasteiger partial charge on any atom is 0.322 e. The van der Waals surface area contributed by atoms with Crippen molar-refractivity contribution in [3.63, 3.8) is 0 Å². The number of pyridine rings is 1. The molecule has 1 aromatic carbocycles. The van der Waals surface area contributed by atoms with E-state index in [0.29, 0.717) is 13.1 Å². The van der Waals surface area contributed by atoms with E-state index >= 15 is 0 Å². The van der Waals surface area contributed by atoms with Crippen LogP contribution in [0, 0.1) is 0 Å². The average Bonchev–Trinajstić information content (AvgIpc) is 3.04. The number of rotatable bonds is 8. The number of amides is 4. The number of ether oxygens (including phenoxy) is 1. The summed E-state index contributed by atoms with van der Waals surface area (Å²) < 4.78 is 5.17. The van der Waals surface area contributed by atoms with Gasteiger partial charge in [0.25, 0.3) is 5.91 Å². The molecule has 1 aliphatic heterocycles. The van der Waals surface area contributed by atoms with Gasteiger partial charge in [-0.05, 0) is 36.2 Å². The first-order valence-electron chi connectivity index (χ1n) is 8.97. The third-order valence-corrected chi connectivity index (χ3v) is 4.47. The van der Waals surface area contributed by atoms with Crippen LogP contribution in [-0.2, 0) is 22.7 Å². The van der Waals surface area contributed by atoms with Crippen molar-refractivity contribution in [2.24, 2.45) is 0 Å². The fraction of sp³-hybridized carbons (Fsp3) is 0.300. The molecule has 1 saturated heterocycles. The summed E-state index contributed by atoms with van der Waals surface area (Å²) in [4.78, 5) is 41.7. The molecule has 4 amide bonds. The monoisotopic (exact) mass is 382 g/mol. The number of methoxy groups -OCH3 is 1. The van der Waals surface area contributed by atoms with Crippen LogP contribution in [0.25, 0.3) is 0 Å². The van der Waals surface area contributed by atoms with Crippen LogP contribution in [0.5, 0.6) is 5.75 Å². The molecule has 2 N–H and O–H groups in total. The molecule has 3 rings (SSSR count). The summed E-state index contributed by atoms with van der Waals surface area (Å²) in [5.74, 6) is 0.231. The van der Waals surface area contributed by atoms with Crippen molar-refractivity contribution in [2.75, 3.05) is 7.11 Å². The molecule has 1 aromatic heterocycles. The number of benzene rings is 1. The normalized spacial score (nSPS) is 15.7. The second-order valence-electron chi connectivity index (χ2n) is 6.47. The minimum atomic E-state index is -0.672. The van der Waals surface area contributed by atoms with E-state index in [1.54, 1.807) is 18.2 Å². The quantitative estimate of drug-likeness (QED) is 0.676. The highest BCUT2D eigenvalue weighted by atomic mass is 16.5. The predicted octanol–water partition coefficient (Wildman–Crippen LogP) is 1.61. The first-order valence-corrected chi connectivity index (χ1v) is 8.97. The highest BCUT2D eigenvalue weighted by molar-refractivity contribution is 6.04. The standard InChI is InChI=1S/C20H22N4O4/c1-28-16-7-5-14(6-8-16)12-24(13-15-4-2-3-11-21-15)18(25)10-9-17-19(26)23-20(27)22-17/h2-8,11,17H,9-10,12-13H2,1H3,(H2,22,23,26,27)/t17-/m0/s1. The highest BCUT2D eigenvalue weighted by Crippen LogP contribution is 2.16. The molecule has 1 aliphatic rings. The minimum absolute atomic E-state index is 0.115. The Bertz CT molecular complexity index is 839. The lowest BCUT2D eigenvalue weighted by molar-refractivity contribution is -0.132. The molecule has 2 heterocycles. The Morgan fingerprint density at radius 3 is 2.54 bits per heavy atom. The van der Waals surface area contributed by atoms with E-state index in [-0.39, 0.29) is 18.7 Å². The van der Waals surface area contributed by atoms with E-state index in [1.165, 1.54) is 0 Å². The van der Waals surface area contributed by atoms with Crippen LogP contribution in [0.15, 0.2) is 48.7 Å². The minimum Gasteiger partial charge on any atom is -0.497 e. The molecule has 2 aromatic rings. The van der Waals surface area contributed by atoms with Crippen LogP contribution >= 0.6 is 0 Å². The van der Waals surface area contributed by atoms with Crippen molar-refractivity contribution in [1.82, 2.24) is 20.5 Å². The van der Waals surface area contributed by atoms with Crippen molar-refractivity contribution < 1.29 is 19.1 Å². The first-order chi connectivity index (χ1) is 13.5. The molecule has 8 nitrogen and oxygen atoms in total. The Morgan fingerprint density at radius 2 is 1.93 bits per heavy atom. The summed E-state index contributed by atoms with van der Waals surface area (Å²) in [6, 6.07) is 11.9. The number of aromatic nitrogens is 1. The van der Waals surface area contributed by atoms with Crippen molar-refractivity contribution in [3.05, 3.63) is 59.9 Å². The van der Waals surface area contributed by atoms with Gasteiger partial charge in [0.05, 0.1) is 19.3 Å². The van der Waals surface area contributed by atoms with Gasteiger partial charge in [-0.3, -0.25) is 19.9 Å². The summed E-state index contributed by atoms with van der Waals surface area (Å²) in [6.45, 7) is 0.761. The van der Waals surface area contributed by atoms with E-state index in [4.69, 9.17) is 4.74 Å². The zero-order valence-electron chi connectivity index (χ0n) is 15.6. The molecular formula is C20H22N4O4. The van der Waals surface area contributed by atoms with Crippen molar-refractivity contribution in [1.29, 1.82) is 0 Å². The van der Waals surface area contributed by atoms with Crippen LogP contribution in [0.3, 0.4) is 0 Å². The number of hydrogen-bond donors (Lipinski definition) is 2. The Hall–Kier alpha value is -3.42. The summed E-state index contributed by atoms with van der Waals surface area (Å²) >= 11 is 0. The summed E-state index contributed by atoms with van der Waals surface area (Å²) in [5, 5.41) is 4.69. The molecular weight excluding hydrogens is 360 g/mol. The topological polar surface area (TPSA) is 101 Å². The molecule has 8 heteroatoms. The van der Waals surface area contributed by atoms with Gasteiger partial charge >= 0.3 is 6.03 Å². The van der Waals surface area contributed by atoms with Crippen molar-refractivity contribution in [3.8, 4) is 5.75 Å². The van der Waals surface area contributed by atoms with E-state index in [0.717, 1.165) is 17.0 Å².